The molecule has 2 bridgehead atoms. The Morgan fingerprint density at radius 2 is 0.967 bits per heavy atom. The largest absolute Gasteiger partial charge is 0.484 e. The van der Waals surface area contributed by atoms with Crippen LogP contribution in [0.25, 0.3) is 22.3 Å². The summed E-state index contributed by atoms with van der Waals surface area (Å²) in [6.45, 7) is -0.420. The molecule has 0 aliphatic carbocycles. The van der Waals surface area contributed by atoms with Gasteiger partial charge >= 0.3 is 5.97 Å². The summed E-state index contributed by atoms with van der Waals surface area (Å²) in [5.41, 5.74) is 6.51. The van der Waals surface area contributed by atoms with Crippen molar-refractivity contribution >= 4 is 29.6 Å². The van der Waals surface area contributed by atoms with Crippen molar-refractivity contribution in [2.24, 2.45) is 0 Å². The van der Waals surface area contributed by atoms with Crippen LogP contribution >= 0.6 is 0 Å². The van der Waals surface area contributed by atoms with Crippen LogP contribution in [0, 0.1) is 0 Å². The zero-order valence-corrected chi connectivity index (χ0v) is 33.1. The molecular formula is C48H44N6O7. The number of hydrogen-bond acceptors (Lipinski definition) is 8. The minimum absolute atomic E-state index is 0.000260. The van der Waals surface area contributed by atoms with Crippen LogP contribution in [-0.2, 0) is 49.7 Å². The van der Waals surface area contributed by atoms with E-state index in [0.29, 0.717) is 28.0 Å². The second-order valence-corrected chi connectivity index (χ2v) is 14.7. The number of carboxylic acids is 1. The molecule has 4 atom stereocenters. The second kappa shape index (κ2) is 19.9. The first-order valence-electron chi connectivity index (χ1n) is 19.8. The van der Waals surface area contributed by atoms with Gasteiger partial charge in [-0.05, 0) is 80.9 Å². The summed E-state index contributed by atoms with van der Waals surface area (Å²) >= 11 is 0. The standard InChI is InChI=1S/C48H44N6O7/c55-44-30-61-39-16-10-33(11-17-39)29-43(48(59)60)54-47(58)42(27-32-8-14-37(15-9-32)38-20-24-50-25-21-38)53-46(57)41(52-45(56)40(51-44)28-34-18-22-49-23-19-34)26-31-6-12-36(13-7-31)35-4-2-1-3-5-35/h1-25,40-43H,26-30H2,(H,51,55)(H,52,56)(H,53,57)(H,54,58)(H,59,60)/t40-,41+,42-,43-/m0/s1. The van der Waals surface area contributed by atoms with Crippen molar-refractivity contribution in [2.75, 3.05) is 6.61 Å². The number of fused-ring (bicyclic) bond motifs is 16. The van der Waals surface area contributed by atoms with E-state index in [0.717, 1.165) is 22.3 Å². The molecule has 0 unspecified atom stereocenters. The van der Waals surface area contributed by atoms with Gasteiger partial charge in [-0.2, -0.15) is 0 Å². The number of aliphatic carboxylic acids is 1. The van der Waals surface area contributed by atoms with Crippen molar-refractivity contribution in [3.8, 4) is 28.0 Å². The molecule has 13 nitrogen and oxygen atoms in total. The topological polar surface area (TPSA) is 189 Å². The monoisotopic (exact) mass is 816 g/mol. The van der Waals surface area contributed by atoms with Gasteiger partial charge in [-0.3, -0.25) is 29.1 Å². The third-order valence-corrected chi connectivity index (χ3v) is 10.4. The second-order valence-electron chi connectivity index (χ2n) is 14.7. The number of ether oxygens (including phenoxy) is 1. The molecule has 308 valence electrons. The van der Waals surface area contributed by atoms with Gasteiger partial charge in [0.25, 0.3) is 5.91 Å². The lowest BCUT2D eigenvalue weighted by Crippen LogP contribution is -2.59. The SMILES string of the molecule is O=C1COc2ccc(cc2)C[C@@H](C(=O)O)NC(=O)[C@H](Cc2ccc(-c3ccncc3)cc2)NC(=O)[C@@H](Cc2ccc(-c3ccccc3)cc2)NC(=O)[C@H](Cc2ccncc2)N1. The molecule has 6 aromatic rings. The average Bonchev–Trinajstić information content (AvgIpc) is 3.29. The number of nitrogens with one attached hydrogen (secondary N) is 4. The Morgan fingerprint density at radius 3 is 1.49 bits per heavy atom. The molecule has 61 heavy (non-hydrogen) atoms. The molecule has 4 amide bonds. The first-order valence-corrected chi connectivity index (χ1v) is 19.8. The van der Waals surface area contributed by atoms with Crippen LogP contribution in [0.1, 0.15) is 22.3 Å². The highest BCUT2D eigenvalue weighted by atomic mass is 16.5. The Bertz CT molecular complexity index is 2430. The molecule has 0 spiro atoms. The summed E-state index contributed by atoms with van der Waals surface area (Å²) in [5.74, 6) is -3.57. The van der Waals surface area contributed by atoms with Gasteiger partial charge in [0.2, 0.25) is 17.7 Å². The summed E-state index contributed by atoms with van der Waals surface area (Å²) in [6, 6.07) is 33.5. The fraction of sp³-hybridized carbons (Fsp3) is 0.188. The molecule has 13 heteroatoms. The lowest BCUT2D eigenvalue weighted by molar-refractivity contribution is -0.142. The van der Waals surface area contributed by atoms with E-state index >= 15 is 0 Å². The summed E-state index contributed by atoms with van der Waals surface area (Å²) in [4.78, 5) is 77.0. The first-order chi connectivity index (χ1) is 29.7. The number of carbonyl (C=O) groups excluding carboxylic acids is 4. The maximum absolute atomic E-state index is 14.6. The van der Waals surface area contributed by atoms with Crippen LogP contribution < -0.4 is 26.0 Å². The minimum atomic E-state index is -1.35. The van der Waals surface area contributed by atoms with Crippen molar-refractivity contribution < 1.29 is 33.8 Å². The zero-order valence-electron chi connectivity index (χ0n) is 33.1. The molecule has 0 fully saturated rings. The van der Waals surface area contributed by atoms with Gasteiger partial charge in [-0.25, -0.2) is 4.79 Å². The Kier molecular flexibility index (Phi) is 13.5. The molecule has 0 radical (unpaired) electrons. The van der Waals surface area contributed by atoms with Crippen molar-refractivity contribution in [3.05, 3.63) is 174 Å². The molecule has 4 heterocycles. The Labute approximate surface area is 352 Å². The van der Waals surface area contributed by atoms with E-state index in [4.69, 9.17) is 4.74 Å². The van der Waals surface area contributed by atoms with Gasteiger partial charge in [0.1, 0.15) is 29.9 Å². The Hall–Kier alpha value is -7.67. The number of pyridine rings is 2. The Morgan fingerprint density at radius 1 is 0.525 bits per heavy atom. The Balaban J connectivity index is 1.23. The molecule has 2 aliphatic rings. The number of rotatable bonds is 9. The van der Waals surface area contributed by atoms with Crippen LogP contribution in [0.3, 0.4) is 0 Å². The van der Waals surface area contributed by atoms with Crippen LogP contribution in [0.2, 0.25) is 0 Å². The van der Waals surface area contributed by atoms with Crippen LogP contribution in [0.4, 0.5) is 0 Å². The number of carboxylic acid groups (broad SMARTS) is 1. The molecule has 5 N–H and O–H groups in total. The first kappa shape index (κ1) is 41.5. The highest BCUT2D eigenvalue weighted by Gasteiger charge is 2.32. The number of hydrogen-bond donors (Lipinski definition) is 5. The van der Waals surface area contributed by atoms with Gasteiger partial charge in [0.15, 0.2) is 6.61 Å². The fourth-order valence-corrected chi connectivity index (χ4v) is 7.05. The molecule has 2 aromatic heterocycles. The van der Waals surface area contributed by atoms with Crippen molar-refractivity contribution in [1.29, 1.82) is 0 Å². The number of amides is 4. The van der Waals surface area contributed by atoms with Crippen LogP contribution in [0.15, 0.2) is 152 Å². The van der Waals surface area contributed by atoms with E-state index in [9.17, 15) is 29.1 Å². The number of aromatic nitrogens is 2. The molecule has 0 saturated carbocycles. The third-order valence-electron chi connectivity index (χ3n) is 10.4. The van der Waals surface area contributed by atoms with Crippen LogP contribution in [0.5, 0.6) is 5.75 Å². The van der Waals surface area contributed by atoms with E-state index in [-0.39, 0.29) is 25.7 Å². The molecular weight excluding hydrogens is 773 g/mol. The summed E-state index contributed by atoms with van der Waals surface area (Å²) in [6.07, 6.45) is 6.56. The highest BCUT2D eigenvalue weighted by molar-refractivity contribution is 5.95. The number of benzene rings is 4. The average molecular weight is 817 g/mol. The molecule has 0 saturated heterocycles. The maximum Gasteiger partial charge on any atom is 0.326 e. The van der Waals surface area contributed by atoms with Crippen molar-refractivity contribution in [2.45, 2.75) is 49.9 Å². The predicted molar refractivity (Wildman–Crippen MR) is 228 cm³/mol. The number of nitrogens with zero attached hydrogens (tertiary/aromatic N) is 2. The van der Waals surface area contributed by atoms with Gasteiger partial charge in [-0.1, -0.05) is 91.0 Å². The zero-order chi connectivity index (χ0) is 42.6. The molecule has 4 aromatic carbocycles. The van der Waals surface area contributed by atoms with E-state index in [1.807, 2.05) is 91.0 Å². The lowest BCUT2D eigenvalue weighted by atomic mass is 9.98. The smallest absolute Gasteiger partial charge is 0.326 e. The predicted octanol–water partition coefficient (Wildman–Crippen LogP) is 4.50. The van der Waals surface area contributed by atoms with Crippen molar-refractivity contribution in [3.63, 3.8) is 0 Å². The summed E-state index contributed by atoms with van der Waals surface area (Å²) < 4.78 is 5.72. The third kappa shape index (κ3) is 11.5. The fourth-order valence-electron chi connectivity index (χ4n) is 7.05. The van der Waals surface area contributed by atoms with Gasteiger partial charge < -0.3 is 31.1 Å². The quantitative estimate of drug-likeness (QED) is 0.131. The highest BCUT2D eigenvalue weighted by Crippen LogP contribution is 2.22. The summed E-state index contributed by atoms with van der Waals surface area (Å²) in [5, 5.41) is 21.3. The van der Waals surface area contributed by atoms with E-state index in [1.54, 1.807) is 61.2 Å². The van der Waals surface area contributed by atoms with Crippen LogP contribution in [-0.4, -0.2) is 75.4 Å². The van der Waals surface area contributed by atoms with Gasteiger partial charge in [0.05, 0.1) is 0 Å². The van der Waals surface area contributed by atoms with Gasteiger partial charge in [-0.15, -0.1) is 0 Å². The van der Waals surface area contributed by atoms with Crippen molar-refractivity contribution in [1.82, 2.24) is 31.2 Å². The molecule has 2 aliphatic heterocycles. The normalized spacial score (nSPS) is 18.8. The van der Waals surface area contributed by atoms with E-state index in [2.05, 4.69) is 31.2 Å². The van der Waals surface area contributed by atoms with E-state index < -0.39 is 60.4 Å². The number of carbonyl (C=O) groups is 5. The lowest BCUT2D eigenvalue weighted by Gasteiger charge is -2.26. The summed E-state index contributed by atoms with van der Waals surface area (Å²) in [7, 11) is 0. The van der Waals surface area contributed by atoms with Gasteiger partial charge in [0, 0.05) is 50.5 Å². The minimum Gasteiger partial charge on any atom is -0.484 e. The molecule has 8 rings (SSSR count). The van der Waals surface area contributed by atoms with E-state index in [1.165, 1.54) is 0 Å². The maximum atomic E-state index is 14.6.